The number of amides is 4. The Morgan fingerprint density at radius 1 is 1.27 bits per heavy atom. The molecule has 0 rings (SSSR count). The number of carbonyl (C=O) groups excluding carboxylic acids is 2. The van der Waals surface area contributed by atoms with Crippen molar-refractivity contribution in [2.75, 3.05) is 21.1 Å². The summed E-state index contributed by atoms with van der Waals surface area (Å²) in [6, 6.07) is -1.08. The van der Waals surface area contributed by atoms with E-state index in [4.69, 9.17) is 5.73 Å². The van der Waals surface area contributed by atoms with E-state index in [9.17, 15) is 9.59 Å². The smallest absolute Gasteiger partial charge is 0.335 e. The largest absolute Gasteiger partial charge is 0.350 e. The Balaban J connectivity index is 4.12. The van der Waals surface area contributed by atoms with E-state index in [1.807, 2.05) is 0 Å². The van der Waals surface area contributed by atoms with Crippen molar-refractivity contribution in [2.24, 2.45) is 5.73 Å². The number of hydrazine groups is 1. The molecule has 0 unspecified atom stereocenters. The SMILES string of the molecule is CNC(=O)N(C)N(C)C(N)=O. The molecule has 0 radical (unpaired) electrons. The van der Waals surface area contributed by atoms with Crippen LogP contribution in [0.15, 0.2) is 0 Å². The summed E-state index contributed by atoms with van der Waals surface area (Å²) in [5.41, 5.74) is 4.89. The Labute approximate surface area is 64.9 Å². The summed E-state index contributed by atoms with van der Waals surface area (Å²) in [5.74, 6) is 0. The van der Waals surface area contributed by atoms with Gasteiger partial charge >= 0.3 is 12.1 Å². The van der Waals surface area contributed by atoms with Gasteiger partial charge in [0.25, 0.3) is 0 Å². The second-order valence-electron chi connectivity index (χ2n) is 1.94. The number of hydrogen-bond acceptors (Lipinski definition) is 2. The lowest BCUT2D eigenvalue weighted by Crippen LogP contribution is -2.50. The van der Waals surface area contributed by atoms with Crippen LogP contribution in [0.25, 0.3) is 0 Å². The lowest BCUT2D eigenvalue weighted by molar-refractivity contribution is 0.0934. The standard InChI is InChI=1S/C5H12N4O2/c1-7-5(11)9(3)8(2)4(6)10/h1-3H3,(H2,6,10)(H,7,11). The molecular formula is C5H12N4O2. The quantitative estimate of drug-likeness (QED) is 0.454. The maximum Gasteiger partial charge on any atom is 0.335 e. The zero-order valence-corrected chi connectivity index (χ0v) is 6.79. The van der Waals surface area contributed by atoms with Gasteiger partial charge in [0.15, 0.2) is 0 Å². The highest BCUT2D eigenvalue weighted by atomic mass is 16.2. The predicted molar refractivity (Wildman–Crippen MR) is 39.6 cm³/mol. The Bertz CT molecular complexity index is 170. The van der Waals surface area contributed by atoms with E-state index in [0.717, 1.165) is 10.0 Å². The average molecular weight is 160 g/mol. The maximum absolute atomic E-state index is 10.8. The van der Waals surface area contributed by atoms with Crippen LogP contribution in [-0.2, 0) is 0 Å². The van der Waals surface area contributed by atoms with E-state index in [0.29, 0.717) is 0 Å². The summed E-state index contributed by atoms with van der Waals surface area (Å²) in [7, 11) is 4.30. The van der Waals surface area contributed by atoms with Gasteiger partial charge in [0, 0.05) is 21.1 Å². The van der Waals surface area contributed by atoms with Crippen molar-refractivity contribution in [3.63, 3.8) is 0 Å². The van der Waals surface area contributed by atoms with E-state index >= 15 is 0 Å². The van der Waals surface area contributed by atoms with Crippen LogP contribution >= 0.6 is 0 Å². The van der Waals surface area contributed by atoms with Crippen molar-refractivity contribution in [1.82, 2.24) is 15.3 Å². The van der Waals surface area contributed by atoms with Crippen molar-refractivity contribution >= 4 is 12.1 Å². The predicted octanol–water partition coefficient (Wildman–Crippen LogP) is -0.817. The third-order valence-corrected chi connectivity index (χ3v) is 1.28. The summed E-state index contributed by atoms with van der Waals surface area (Å²) < 4.78 is 0. The number of nitrogens with one attached hydrogen (secondary N) is 1. The molecule has 4 amide bonds. The molecular weight excluding hydrogens is 148 g/mol. The molecule has 0 atom stereocenters. The molecule has 0 aliphatic carbocycles. The molecule has 11 heavy (non-hydrogen) atoms. The monoisotopic (exact) mass is 160 g/mol. The number of primary amides is 1. The van der Waals surface area contributed by atoms with Gasteiger partial charge < -0.3 is 11.1 Å². The van der Waals surface area contributed by atoms with Crippen LogP contribution < -0.4 is 11.1 Å². The molecule has 0 aromatic rings. The molecule has 3 N–H and O–H groups in total. The summed E-state index contributed by atoms with van der Waals surface area (Å²) in [6.45, 7) is 0. The van der Waals surface area contributed by atoms with Crippen LogP contribution in [0.3, 0.4) is 0 Å². The normalized spacial score (nSPS) is 8.64. The Hall–Kier alpha value is -1.46. The summed E-state index contributed by atoms with van der Waals surface area (Å²) in [6.07, 6.45) is 0. The van der Waals surface area contributed by atoms with Crippen molar-refractivity contribution < 1.29 is 9.59 Å². The number of hydrogen-bond donors (Lipinski definition) is 2. The van der Waals surface area contributed by atoms with Gasteiger partial charge in [-0.15, -0.1) is 0 Å². The van der Waals surface area contributed by atoms with E-state index in [2.05, 4.69) is 5.32 Å². The molecule has 0 heterocycles. The van der Waals surface area contributed by atoms with Gasteiger partial charge in [0.1, 0.15) is 0 Å². The third kappa shape index (κ3) is 2.32. The molecule has 6 heteroatoms. The first-order valence-corrected chi connectivity index (χ1v) is 2.99. The highest BCUT2D eigenvalue weighted by Crippen LogP contribution is 1.89. The summed E-state index contributed by atoms with van der Waals surface area (Å²) in [5, 5.41) is 4.41. The van der Waals surface area contributed by atoms with Gasteiger partial charge in [-0.1, -0.05) is 0 Å². The van der Waals surface area contributed by atoms with Crippen molar-refractivity contribution in [3.8, 4) is 0 Å². The fourth-order valence-corrected chi connectivity index (χ4v) is 0.446. The van der Waals surface area contributed by atoms with Crippen LogP contribution in [0.2, 0.25) is 0 Å². The maximum atomic E-state index is 10.8. The highest BCUT2D eigenvalue weighted by molar-refractivity contribution is 5.78. The fourth-order valence-electron chi connectivity index (χ4n) is 0.446. The van der Waals surface area contributed by atoms with E-state index in [1.54, 1.807) is 0 Å². The van der Waals surface area contributed by atoms with Crippen LogP contribution in [0.1, 0.15) is 0 Å². The Kier molecular flexibility index (Phi) is 3.16. The Morgan fingerprint density at radius 2 is 1.73 bits per heavy atom. The van der Waals surface area contributed by atoms with Crippen molar-refractivity contribution in [2.45, 2.75) is 0 Å². The van der Waals surface area contributed by atoms with Gasteiger partial charge in [-0.05, 0) is 0 Å². The third-order valence-electron chi connectivity index (χ3n) is 1.28. The number of carbonyl (C=O) groups is 2. The summed E-state index contributed by atoms with van der Waals surface area (Å²) >= 11 is 0. The molecule has 0 aromatic carbocycles. The number of rotatable bonds is 0. The first-order valence-electron chi connectivity index (χ1n) is 2.99. The lowest BCUT2D eigenvalue weighted by atomic mass is 10.8. The van der Waals surface area contributed by atoms with E-state index in [-0.39, 0.29) is 0 Å². The van der Waals surface area contributed by atoms with Crippen molar-refractivity contribution in [1.29, 1.82) is 0 Å². The van der Waals surface area contributed by atoms with Gasteiger partial charge in [-0.2, -0.15) is 0 Å². The van der Waals surface area contributed by atoms with Gasteiger partial charge in [0.05, 0.1) is 0 Å². The molecule has 0 saturated heterocycles. The van der Waals surface area contributed by atoms with E-state index < -0.39 is 12.1 Å². The van der Waals surface area contributed by atoms with Gasteiger partial charge in [-0.3, -0.25) is 0 Å². The second kappa shape index (κ2) is 3.65. The molecule has 0 saturated carbocycles. The molecule has 64 valence electrons. The van der Waals surface area contributed by atoms with Crippen LogP contribution in [0, 0.1) is 0 Å². The Morgan fingerprint density at radius 3 is 2.00 bits per heavy atom. The molecule has 6 nitrogen and oxygen atoms in total. The highest BCUT2D eigenvalue weighted by Gasteiger charge is 2.13. The first kappa shape index (κ1) is 9.54. The van der Waals surface area contributed by atoms with Crippen LogP contribution in [-0.4, -0.2) is 43.2 Å². The van der Waals surface area contributed by atoms with Crippen molar-refractivity contribution in [3.05, 3.63) is 0 Å². The molecule has 0 fully saturated rings. The minimum Gasteiger partial charge on any atom is -0.350 e. The zero-order chi connectivity index (χ0) is 9.02. The molecule has 0 bridgehead atoms. The molecule has 0 aliphatic rings. The molecule has 0 spiro atoms. The fraction of sp³-hybridized carbons (Fsp3) is 0.600. The van der Waals surface area contributed by atoms with Gasteiger partial charge in [-0.25, -0.2) is 19.6 Å². The average Bonchev–Trinajstić information content (AvgIpc) is 2.00. The molecule has 0 aliphatic heterocycles. The minimum absolute atomic E-state index is 0.397. The second-order valence-corrected chi connectivity index (χ2v) is 1.94. The van der Waals surface area contributed by atoms with Crippen LogP contribution in [0.4, 0.5) is 9.59 Å². The first-order chi connectivity index (χ1) is 5.00. The van der Waals surface area contributed by atoms with E-state index in [1.165, 1.54) is 21.1 Å². The number of nitrogens with two attached hydrogens (primary N) is 1. The summed E-state index contributed by atoms with van der Waals surface area (Å²) in [4.78, 5) is 21.3. The number of urea groups is 2. The minimum atomic E-state index is -0.684. The lowest BCUT2D eigenvalue weighted by Gasteiger charge is -2.25. The van der Waals surface area contributed by atoms with Crippen LogP contribution in [0.5, 0.6) is 0 Å². The van der Waals surface area contributed by atoms with Gasteiger partial charge in [0.2, 0.25) is 0 Å². The number of nitrogens with zero attached hydrogens (tertiary/aromatic N) is 2. The topological polar surface area (TPSA) is 78.7 Å². The zero-order valence-electron chi connectivity index (χ0n) is 6.79. The molecule has 0 aromatic heterocycles.